The van der Waals surface area contributed by atoms with Crippen LogP contribution in [0, 0.1) is 11.3 Å². The van der Waals surface area contributed by atoms with Crippen LogP contribution in [0.4, 0.5) is 13.2 Å². The molecular formula is C25H27F3N2O2. The summed E-state index contributed by atoms with van der Waals surface area (Å²) in [6.45, 7) is 8.28. The summed E-state index contributed by atoms with van der Waals surface area (Å²) in [6.07, 6.45) is -3.45. The lowest BCUT2D eigenvalue weighted by Gasteiger charge is -2.22. The maximum atomic E-state index is 13.8. The van der Waals surface area contributed by atoms with Crippen LogP contribution in [0.5, 0.6) is 0 Å². The summed E-state index contributed by atoms with van der Waals surface area (Å²) in [4.78, 5) is 12.3. The summed E-state index contributed by atoms with van der Waals surface area (Å²) >= 11 is 0. The van der Waals surface area contributed by atoms with Crippen LogP contribution < -0.4 is 0 Å². The molecule has 7 heteroatoms. The number of alkyl halides is 3. The summed E-state index contributed by atoms with van der Waals surface area (Å²) in [7, 11) is 0. The Morgan fingerprint density at radius 1 is 1.03 bits per heavy atom. The van der Waals surface area contributed by atoms with Crippen molar-refractivity contribution in [3.05, 3.63) is 71.4 Å². The fraction of sp³-hybridized carbons (Fsp3) is 0.360. The Morgan fingerprint density at radius 3 is 2.19 bits per heavy atom. The molecule has 0 bridgehead atoms. The number of carbonyl (C=O) groups is 1. The van der Waals surface area contributed by atoms with Gasteiger partial charge < -0.3 is 5.11 Å². The van der Waals surface area contributed by atoms with Gasteiger partial charge in [-0.15, -0.1) is 0 Å². The highest BCUT2D eigenvalue weighted by Crippen LogP contribution is 2.38. The lowest BCUT2D eigenvalue weighted by Crippen LogP contribution is -2.14. The summed E-state index contributed by atoms with van der Waals surface area (Å²) in [5.74, 6) is -1.12. The maximum absolute atomic E-state index is 13.8. The van der Waals surface area contributed by atoms with Crippen molar-refractivity contribution >= 4 is 5.97 Å². The molecule has 3 aromatic rings. The highest BCUT2D eigenvalue weighted by atomic mass is 19.4. The van der Waals surface area contributed by atoms with Crippen LogP contribution in [0.15, 0.2) is 54.6 Å². The first kappa shape index (κ1) is 23.6. The van der Waals surface area contributed by atoms with E-state index in [1.54, 1.807) is 30.3 Å². The Kier molecular flexibility index (Phi) is 6.49. The second-order valence-corrected chi connectivity index (χ2v) is 9.34. The van der Waals surface area contributed by atoms with Crippen LogP contribution in [-0.4, -0.2) is 20.9 Å². The third-order valence-corrected chi connectivity index (χ3v) is 5.16. The Hall–Kier alpha value is -3.09. The van der Waals surface area contributed by atoms with E-state index in [1.165, 1.54) is 18.2 Å². The van der Waals surface area contributed by atoms with Crippen molar-refractivity contribution in [2.75, 3.05) is 0 Å². The quantitative estimate of drug-likeness (QED) is 0.451. The van der Waals surface area contributed by atoms with Crippen molar-refractivity contribution in [1.29, 1.82) is 0 Å². The summed E-state index contributed by atoms with van der Waals surface area (Å²) in [6, 6.07) is 13.7. The number of benzene rings is 2. The van der Waals surface area contributed by atoms with Gasteiger partial charge in [-0.1, -0.05) is 70.2 Å². The van der Waals surface area contributed by atoms with E-state index in [0.29, 0.717) is 12.0 Å². The molecule has 0 spiro atoms. The van der Waals surface area contributed by atoms with E-state index in [1.807, 2.05) is 6.92 Å². The highest BCUT2D eigenvalue weighted by molar-refractivity contribution is 5.96. The van der Waals surface area contributed by atoms with Crippen molar-refractivity contribution < 1.29 is 23.1 Å². The number of aromatic nitrogens is 2. The smallest absolute Gasteiger partial charge is 0.418 e. The summed E-state index contributed by atoms with van der Waals surface area (Å²) in [5.41, 5.74) is -0.186. The van der Waals surface area contributed by atoms with Crippen LogP contribution in [-0.2, 0) is 12.6 Å². The van der Waals surface area contributed by atoms with Gasteiger partial charge in [0.2, 0.25) is 0 Å². The fourth-order valence-electron chi connectivity index (χ4n) is 4.21. The first-order valence-corrected chi connectivity index (χ1v) is 10.5. The molecule has 1 atom stereocenters. The third kappa shape index (κ3) is 5.21. The molecule has 4 nitrogen and oxygen atoms in total. The predicted molar refractivity (Wildman–Crippen MR) is 118 cm³/mol. The zero-order valence-electron chi connectivity index (χ0n) is 18.6. The van der Waals surface area contributed by atoms with Gasteiger partial charge in [0, 0.05) is 5.56 Å². The van der Waals surface area contributed by atoms with Crippen molar-refractivity contribution in [1.82, 2.24) is 9.78 Å². The number of carboxylic acid groups (broad SMARTS) is 1. The second kappa shape index (κ2) is 8.81. The van der Waals surface area contributed by atoms with Gasteiger partial charge in [-0.3, -0.25) is 0 Å². The fourth-order valence-corrected chi connectivity index (χ4v) is 4.21. The van der Waals surface area contributed by atoms with E-state index in [-0.39, 0.29) is 34.0 Å². The molecule has 1 N–H and O–H groups in total. The Labute approximate surface area is 185 Å². The number of rotatable bonds is 6. The zero-order chi connectivity index (χ0) is 23.7. The van der Waals surface area contributed by atoms with Gasteiger partial charge in [-0.25, -0.2) is 9.48 Å². The number of para-hydroxylation sites is 1. The Bertz CT molecular complexity index is 1100. The van der Waals surface area contributed by atoms with Gasteiger partial charge in [0.1, 0.15) is 5.56 Å². The zero-order valence-corrected chi connectivity index (χ0v) is 18.6. The molecule has 0 saturated heterocycles. The van der Waals surface area contributed by atoms with E-state index in [4.69, 9.17) is 0 Å². The van der Waals surface area contributed by atoms with E-state index in [2.05, 4.69) is 25.9 Å². The van der Waals surface area contributed by atoms with Crippen molar-refractivity contribution in [3.63, 3.8) is 0 Å². The van der Waals surface area contributed by atoms with Crippen LogP contribution in [0.1, 0.15) is 55.7 Å². The maximum Gasteiger partial charge on any atom is 0.418 e. The molecule has 1 heterocycles. The SMILES string of the molecule is CC(Cc1nn(-c2ccccc2C(F)(F)F)c(-c2ccccc2)c1C(=O)O)CC(C)(C)C. The molecule has 0 radical (unpaired) electrons. The number of halogens is 3. The predicted octanol–water partition coefficient (Wildman–Crippen LogP) is 6.87. The lowest BCUT2D eigenvalue weighted by molar-refractivity contribution is -0.137. The molecule has 2 aromatic carbocycles. The van der Waals surface area contributed by atoms with Crippen LogP contribution in [0.25, 0.3) is 16.9 Å². The van der Waals surface area contributed by atoms with Crippen molar-refractivity contribution in [3.8, 4) is 16.9 Å². The van der Waals surface area contributed by atoms with Gasteiger partial charge in [0.25, 0.3) is 0 Å². The molecule has 0 aliphatic rings. The third-order valence-electron chi connectivity index (χ3n) is 5.16. The van der Waals surface area contributed by atoms with Crippen molar-refractivity contribution in [2.45, 2.75) is 46.7 Å². The van der Waals surface area contributed by atoms with E-state index in [9.17, 15) is 23.1 Å². The first-order chi connectivity index (χ1) is 14.9. The normalized spacial score (nSPS) is 13.2. The highest BCUT2D eigenvalue weighted by Gasteiger charge is 2.36. The molecule has 0 fully saturated rings. The summed E-state index contributed by atoms with van der Waals surface area (Å²) in [5, 5.41) is 14.5. The van der Waals surface area contributed by atoms with E-state index >= 15 is 0 Å². The minimum atomic E-state index is -4.61. The van der Waals surface area contributed by atoms with Crippen LogP contribution in [0.3, 0.4) is 0 Å². The minimum Gasteiger partial charge on any atom is -0.478 e. The van der Waals surface area contributed by atoms with Gasteiger partial charge in [-0.2, -0.15) is 18.3 Å². The number of nitrogens with zero attached hydrogens (tertiary/aromatic N) is 2. The molecule has 0 aliphatic heterocycles. The van der Waals surface area contributed by atoms with Crippen LogP contribution >= 0.6 is 0 Å². The average Bonchev–Trinajstić information content (AvgIpc) is 3.05. The molecule has 3 rings (SSSR count). The largest absolute Gasteiger partial charge is 0.478 e. The number of hydrogen-bond acceptors (Lipinski definition) is 2. The number of aromatic carboxylic acids is 1. The lowest BCUT2D eigenvalue weighted by atomic mass is 9.83. The molecule has 1 aromatic heterocycles. The number of hydrogen-bond donors (Lipinski definition) is 1. The average molecular weight is 444 g/mol. The van der Waals surface area contributed by atoms with Crippen LogP contribution in [0.2, 0.25) is 0 Å². The standard InChI is InChI=1S/C25H27F3N2O2/c1-16(15-24(2,3)4)14-19-21(23(31)32)22(17-10-6-5-7-11-17)30(29-19)20-13-9-8-12-18(20)25(26,27)28/h5-13,16H,14-15H2,1-4H3,(H,31,32). The molecule has 0 saturated carbocycles. The summed E-state index contributed by atoms with van der Waals surface area (Å²) < 4.78 is 42.5. The molecular weight excluding hydrogens is 417 g/mol. The first-order valence-electron chi connectivity index (χ1n) is 10.5. The number of carboxylic acids is 1. The van der Waals surface area contributed by atoms with Gasteiger partial charge in [0.15, 0.2) is 0 Å². The topological polar surface area (TPSA) is 55.1 Å². The second-order valence-electron chi connectivity index (χ2n) is 9.34. The van der Waals surface area contributed by atoms with Gasteiger partial charge in [0.05, 0.1) is 22.6 Å². The van der Waals surface area contributed by atoms with Gasteiger partial charge in [-0.05, 0) is 36.3 Å². The van der Waals surface area contributed by atoms with E-state index in [0.717, 1.165) is 17.2 Å². The van der Waals surface area contributed by atoms with Gasteiger partial charge >= 0.3 is 12.1 Å². The monoisotopic (exact) mass is 444 g/mol. The molecule has 170 valence electrons. The molecule has 0 aliphatic carbocycles. The molecule has 0 amide bonds. The Balaban J connectivity index is 2.27. The Morgan fingerprint density at radius 2 is 1.62 bits per heavy atom. The molecule has 32 heavy (non-hydrogen) atoms. The minimum absolute atomic E-state index is 0.0243. The molecule has 1 unspecified atom stereocenters. The van der Waals surface area contributed by atoms with E-state index < -0.39 is 17.7 Å². The van der Waals surface area contributed by atoms with Crippen molar-refractivity contribution in [2.24, 2.45) is 11.3 Å².